The minimum absolute atomic E-state index is 0.0103. The molecule has 0 radical (unpaired) electrons. The highest BCUT2D eigenvalue weighted by Gasteiger charge is 2.36. The zero-order valence-electron chi connectivity index (χ0n) is 15.5. The SMILES string of the molecule is COCCOC(=O)C1=C(C)NC(SCC(N)=O)=C(C#N)C1c1ccccc1Cl. The number of carbonyl (C=O) groups is 2. The number of carbonyl (C=O) groups excluding carboxylic acids is 2. The molecule has 0 saturated carbocycles. The zero-order valence-corrected chi connectivity index (χ0v) is 17.0. The van der Waals surface area contributed by atoms with Crippen LogP contribution in [0.5, 0.6) is 0 Å². The summed E-state index contributed by atoms with van der Waals surface area (Å²) in [4.78, 5) is 24.0. The maximum absolute atomic E-state index is 12.8. The molecule has 0 fully saturated rings. The number of amides is 1. The smallest absolute Gasteiger partial charge is 0.336 e. The highest BCUT2D eigenvalue weighted by atomic mass is 35.5. The van der Waals surface area contributed by atoms with Crippen LogP contribution in [0.15, 0.2) is 46.1 Å². The van der Waals surface area contributed by atoms with Crippen molar-refractivity contribution in [3.05, 3.63) is 56.7 Å². The lowest BCUT2D eigenvalue weighted by Gasteiger charge is -2.29. The summed E-state index contributed by atoms with van der Waals surface area (Å²) >= 11 is 7.48. The van der Waals surface area contributed by atoms with Crippen LogP contribution in [-0.4, -0.2) is 38.0 Å². The molecule has 148 valence electrons. The number of nitriles is 1. The first-order chi connectivity index (χ1) is 13.4. The van der Waals surface area contributed by atoms with E-state index in [1.165, 1.54) is 7.11 Å². The van der Waals surface area contributed by atoms with Gasteiger partial charge in [0.15, 0.2) is 0 Å². The first kappa shape index (κ1) is 21.8. The molecular weight excluding hydrogens is 402 g/mol. The predicted molar refractivity (Wildman–Crippen MR) is 107 cm³/mol. The van der Waals surface area contributed by atoms with Gasteiger partial charge in [-0.05, 0) is 18.6 Å². The van der Waals surface area contributed by atoms with Crippen molar-refractivity contribution >= 4 is 35.2 Å². The van der Waals surface area contributed by atoms with Gasteiger partial charge < -0.3 is 20.5 Å². The molecule has 1 aromatic carbocycles. The van der Waals surface area contributed by atoms with E-state index in [1.807, 2.05) is 0 Å². The zero-order chi connectivity index (χ0) is 20.7. The lowest BCUT2D eigenvalue weighted by molar-refractivity contribution is -0.140. The van der Waals surface area contributed by atoms with E-state index in [4.69, 9.17) is 26.8 Å². The molecule has 7 nitrogen and oxygen atoms in total. The minimum atomic E-state index is -0.731. The molecule has 1 atom stereocenters. The molecule has 3 N–H and O–H groups in total. The van der Waals surface area contributed by atoms with Gasteiger partial charge in [0.1, 0.15) is 6.61 Å². The number of primary amides is 1. The number of hydrogen-bond donors (Lipinski definition) is 2. The molecule has 2 rings (SSSR count). The van der Waals surface area contributed by atoms with Crippen molar-refractivity contribution in [3.8, 4) is 6.07 Å². The molecule has 9 heteroatoms. The van der Waals surface area contributed by atoms with Gasteiger partial charge in [-0.2, -0.15) is 5.26 Å². The van der Waals surface area contributed by atoms with Crippen molar-refractivity contribution in [1.29, 1.82) is 5.26 Å². The number of esters is 1. The van der Waals surface area contributed by atoms with Gasteiger partial charge in [0.2, 0.25) is 5.91 Å². The van der Waals surface area contributed by atoms with Gasteiger partial charge in [0, 0.05) is 17.8 Å². The Hall–Kier alpha value is -2.47. The topological polar surface area (TPSA) is 114 Å². The molecule has 1 aliphatic heterocycles. The van der Waals surface area contributed by atoms with Gasteiger partial charge in [0.05, 0.1) is 40.5 Å². The van der Waals surface area contributed by atoms with Gasteiger partial charge in [0.25, 0.3) is 0 Å². The largest absolute Gasteiger partial charge is 0.460 e. The monoisotopic (exact) mass is 421 g/mol. The number of nitrogens with one attached hydrogen (secondary N) is 1. The summed E-state index contributed by atoms with van der Waals surface area (Å²) in [6, 6.07) is 9.12. The predicted octanol–water partition coefficient (Wildman–Crippen LogP) is 2.44. The number of nitrogens with zero attached hydrogens (tertiary/aromatic N) is 1. The van der Waals surface area contributed by atoms with E-state index in [2.05, 4.69) is 11.4 Å². The quantitative estimate of drug-likeness (QED) is 0.489. The Bertz CT molecular complexity index is 876. The summed E-state index contributed by atoms with van der Waals surface area (Å²) in [5.74, 6) is -1.83. The number of dihydropyridines is 1. The van der Waals surface area contributed by atoms with Crippen LogP contribution in [0.3, 0.4) is 0 Å². The fourth-order valence-corrected chi connectivity index (χ4v) is 3.83. The summed E-state index contributed by atoms with van der Waals surface area (Å²) in [6.45, 7) is 2.04. The number of nitrogens with two attached hydrogens (primary N) is 1. The number of halogens is 1. The van der Waals surface area contributed by atoms with Gasteiger partial charge in [-0.1, -0.05) is 41.6 Å². The third-order valence-corrected chi connectivity index (χ3v) is 5.35. The first-order valence-electron chi connectivity index (χ1n) is 8.34. The van der Waals surface area contributed by atoms with E-state index in [-0.39, 0.29) is 30.1 Å². The number of allylic oxidation sites excluding steroid dienone is 2. The van der Waals surface area contributed by atoms with Crippen LogP contribution < -0.4 is 11.1 Å². The van der Waals surface area contributed by atoms with Gasteiger partial charge in [-0.25, -0.2) is 4.79 Å². The Kier molecular flexibility index (Phi) is 7.93. The summed E-state index contributed by atoms with van der Waals surface area (Å²) in [5, 5.41) is 13.7. The van der Waals surface area contributed by atoms with Gasteiger partial charge in [-0.3, -0.25) is 4.79 Å². The van der Waals surface area contributed by atoms with Crippen LogP contribution in [0.25, 0.3) is 0 Å². The van der Waals surface area contributed by atoms with E-state index in [0.29, 0.717) is 21.3 Å². The summed E-state index contributed by atoms with van der Waals surface area (Å²) in [7, 11) is 1.51. The second-order valence-electron chi connectivity index (χ2n) is 5.86. The van der Waals surface area contributed by atoms with Crippen LogP contribution in [0, 0.1) is 11.3 Å². The van der Waals surface area contributed by atoms with E-state index < -0.39 is 17.8 Å². The van der Waals surface area contributed by atoms with Crippen molar-refractivity contribution in [1.82, 2.24) is 5.32 Å². The molecule has 1 unspecified atom stereocenters. The molecular formula is C19H20ClN3O4S. The summed E-state index contributed by atoms with van der Waals surface area (Å²) in [6.07, 6.45) is 0. The normalized spacial score (nSPS) is 16.4. The molecule has 1 aromatic rings. The maximum atomic E-state index is 12.8. The second-order valence-corrected chi connectivity index (χ2v) is 7.25. The van der Waals surface area contributed by atoms with Crippen LogP contribution in [-0.2, 0) is 19.1 Å². The van der Waals surface area contributed by atoms with Crippen molar-refractivity contribution in [2.75, 3.05) is 26.1 Å². The summed E-state index contributed by atoms with van der Waals surface area (Å²) in [5.41, 5.74) is 6.89. The van der Waals surface area contributed by atoms with E-state index in [1.54, 1.807) is 31.2 Å². The standard InChI is InChI=1S/C19H20ClN3O4S/c1-11-16(19(25)27-8-7-26-2)17(12-5-3-4-6-14(12)20)13(9-21)18(23-11)28-10-15(22)24/h3-6,17,23H,7-8,10H2,1-2H3,(H2,22,24). The number of rotatable bonds is 8. The number of methoxy groups -OCH3 is 1. The number of thioether (sulfide) groups is 1. The average Bonchev–Trinajstić information content (AvgIpc) is 2.66. The molecule has 0 saturated heterocycles. The average molecular weight is 422 g/mol. The van der Waals surface area contributed by atoms with Crippen LogP contribution >= 0.6 is 23.4 Å². The molecule has 1 heterocycles. The Morgan fingerprint density at radius 2 is 2.07 bits per heavy atom. The van der Waals surface area contributed by atoms with E-state index in [9.17, 15) is 14.9 Å². The van der Waals surface area contributed by atoms with Crippen molar-refractivity contribution < 1.29 is 19.1 Å². The molecule has 0 aromatic heterocycles. The number of ether oxygens (including phenoxy) is 2. The van der Waals surface area contributed by atoms with Crippen LogP contribution in [0.1, 0.15) is 18.4 Å². The molecule has 1 aliphatic rings. The molecule has 0 spiro atoms. The van der Waals surface area contributed by atoms with Crippen molar-refractivity contribution in [2.24, 2.45) is 5.73 Å². The Morgan fingerprint density at radius 3 is 2.68 bits per heavy atom. The molecule has 1 amide bonds. The fourth-order valence-electron chi connectivity index (χ4n) is 2.76. The molecule has 0 bridgehead atoms. The Labute approximate surface area is 172 Å². The lowest BCUT2D eigenvalue weighted by atomic mass is 9.82. The first-order valence-corrected chi connectivity index (χ1v) is 9.70. The third-order valence-electron chi connectivity index (χ3n) is 3.96. The van der Waals surface area contributed by atoms with Crippen molar-refractivity contribution in [3.63, 3.8) is 0 Å². The lowest BCUT2D eigenvalue weighted by Crippen LogP contribution is -2.30. The number of benzene rings is 1. The van der Waals surface area contributed by atoms with Gasteiger partial charge in [-0.15, -0.1) is 0 Å². The fraction of sp³-hybridized carbons (Fsp3) is 0.316. The highest BCUT2D eigenvalue weighted by Crippen LogP contribution is 2.43. The number of hydrogen-bond acceptors (Lipinski definition) is 7. The van der Waals surface area contributed by atoms with E-state index >= 15 is 0 Å². The summed E-state index contributed by atoms with van der Waals surface area (Å²) < 4.78 is 10.2. The second kappa shape index (κ2) is 10.2. The molecule has 0 aliphatic carbocycles. The maximum Gasteiger partial charge on any atom is 0.336 e. The van der Waals surface area contributed by atoms with E-state index in [0.717, 1.165) is 11.8 Å². The Morgan fingerprint density at radius 1 is 1.36 bits per heavy atom. The van der Waals surface area contributed by atoms with Crippen LogP contribution in [0.2, 0.25) is 5.02 Å². The van der Waals surface area contributed by atoms with Crippen LogP contribution in [0.4, 0.5) is 0 Å². The van der Waals surface area contributed by atoms with Crippen molar-refractivity contribution in [2.45, 2.75) is 12.8 Å². The minimum Gasteiger partial charge on any atom is -0.460 e. The third kappa shape index (κ3) is 5.07. The molecule has 28 heavy (non-hydrogen) atoms. The highest BCUT2D eigenvalue weighted by molar-refractivity contribution is 8.03. The Balaban J connectivity index is 2.53. The van der Waals surface area contributed by atoms with Gasteiger partial charge >= 0.3 is 5.97 Å².